The van der Waals surface area contributed by atoms with Crippen LogP contribution in [0.2, 0.25) is 0 Å². The minimum absolute atomic E-state index is 0.0572. The molecule has 0 aliphatic heterocycles. The largest absolute Gasteiger partial charge is 0.508 e. The average molecular weight is 483 g/mol. The van der Waals surface area contributed by atoms with Crippen molar-refractivity contribution in [3.8, 4) is 5.75 Å². The minimum atomic E-state index is -1.58. The molecule has 0 radical (unpaired) electrons. The van der Waals surface area contributed by atoms with E-state index in [2.05, 4.69) is 16.0 Å². The van der Waals surface area contributed by atoms with Gasteiger partial charge in [-0.3, -0.25) is 14.4 Å². The molecule has 3 amide bonds. The second kappa shape index (κ2) is 13.5. The second-order valence-corrected chi connectivity index (χ2v) is 8.16. The number of carboxylic acid groups (broad SMARTS) is 1. The highest BCUT2D eigenvalue weighted by Gasteiger charge is 2.33. The molecule has 0 spiro atoms. The molecule has 6 unspecified atom stereocenters. The number of phenolic OH excluding ortho intramolecular Hbond substituents is 1. The predicted octanol–water partition coefficient (Wildman–Crippen LogP) is -1.78. The molecule has 0 aromatic heterocycles. The number of aliphatic hydroxyl groups excluding tert-OH is 2. The third-order valence-corrected chi connectivity index (χ3v) is 5.38. The highest BCUT2D eigenvalue weighted by atomic mass is 16.4. The molecule has 0 aliphatic carbocycles. The van der Waals surface area contributed by atoms with E-state index in [0.717, 1.165) is 0 Å². The van der Waals surface area contributed by atoms with Crippen LogP contribution in [0.3, 0.4) is 0 Å². The Bertz CT molecular complexity index is 846. The van der Waals surface area contributed by atoms with Gasteiger partial charge in [-0.1, -0.05) is 32.4 Å². The lowest BCUT2D eigenvalue weighted by atomic mass is 9.97. The summed E-state index contributed by atoms with van der Waals surface area (Å²) in [7, 11) is 0. The summed E-state index contributed by atoms with van der Waals surface area (Å²) in [5.74, 6) is -4.23. The molecule has 12 heteroatoms. The number of rotatable bonds is 13. The van der Waals surface area contributed by atoms with Crippen molar-refractivity contribution < 1.29 is 39.6 Å². The van der Waals surface area contributed by atoms with E-state index in [4.69, 9.17) is 5.73 Å². The van der Waals surface area contributed by atoms with Crippen LogP contribution < -0.4 is 21.7 Å². The third-order valence-electron chi connectivity index (χ3n) is 5.38. The van der Waals surface area contributed by atoms with E-state index in [0.29, 0.717) is 12.0 Å². The first kappa shape index (κ1) is 28.8. The maximum Gasteiger partial charge on any atom is 0.328 e. The molecule has 34 heavy (non-hydrogen) atoms. The lowest BCUT2D eigenvalue weighted by Gasteiger charge is -2.28. The molecular formula is C22H34N4O8. The number of aliphatic hydroxyl groups is 2. The first-order chi connectivity index (χ1) is 15.9. The number of amides is 3. The molecular weight excluding hydrogens is 448 g/mol. The summed E-state index contributed by atoms with van der Waals surface area (Å²) in [4.78, 5) is 49.1. The fourth-order valence-corrected chi connectivity index (χ4v) is 3.04. The Hall–Kier alpha value is -3.22. The topological polar surface area (TPSA) is 211 Å². The number of hydrogen-bond acceptors (Lipinski definition) is 8. The number of carbonyl (C=O) groups excluding carboxylic acids is 3. The molecule has 0 aliphatic rings. The fraction of sp³-hybridized carbons (Fsp3) is 0.545. The van der Waals surface area contributed by atoms with Gasteiger partial charge in [0.25, 0.3) is 0 Å². The highest BCUT2D eigenvalue weighted by Crippen LogP contribution is 2.12. The third kappa shape index (κ3) is 8.61. The molecule has 12 nitrogen and oxygen atoms in total. The van der Waals surface area contributed by atoms with Crippen molar-refractivity contribution in [1.29, 1.82) is 0 Å². The first-order valence-corrected chi connectivity index (χ1v) is 10.9. The van der Waals surface area contributed by atoms with Gasteiger partial charge in [0, 0.05) is 0 Å². The fourth-order valence-electron chi connectivity index (χ4n) is 3.04. The molecule has 0 bridgehead atoms. The van der Waals surface area contributed by atoms with Crippen molar-refractivity contribution in [2.75, 3.05) is 6.61 Å². The summed E-state index contributed by atoms with van der Waals surface area (Å²) >= 11 is 0. The van der Waals surface area contributed by atoms with Gasteiger partial charge in [0.1, 0.15) is 17.8 Å². The van der Waals surface area contributed by atoms with Crippen LogP contribution >= 0.6 is 0 Å². The maximum absolute atomic E-state index is 12.7. The van der Waals surface area contributed by atoms with Crippen molar-refractivity contribution in [2.45, 2.75) is 63.9 Å². The zero-order chi connectivity index (χ0) is 26.0. The Kier molecular flexibility index (Phi) is 11.4. The van der Waals surface area contributed by atoms with Gasteiger partial charge in [0.05, 0.1) is 18.8 Å². The Labute approximate surface area is 197 Å². The molecule has 9 N–H and O–H groups in total. The van der Waals surface area contributed by atoms with Crippen LogP contribution in [-0.2, 0) is 25.6 Å². The second-order valence-electron chi connectivity index (χ2n) is 8.16. The van der Waals surface area contributed by atoms with Crippen LogP contribution in [0.5, 0.6) is 5.75 Å². The molecule has 1 aromatic rings. The lowest BCUT2D eigenvalue weighted by Crippen LogP contribution is -2.60. The van der Waals surface area contributed by atoms with Crippen LogP contribution in [0, 0.1) is 5.92 Å². The predicted molar refractivity (Wildman–Crippen MR) is 121 cm³/mol. The van der Waals surface area contributed by atoms with E-state index in [9.17, 15) is 39.6 Å². The Balaban J connectivity index is 2.86. The maximum atomic E-state index is 12.7. The van der Waals surface area contributed by atoms with Crippen LogP contribution in [0.4, 0.5) is 0 Å². The van der Waals surface area contributed by atoms with E-state index < -0.39 is 66.5 Å². The normalized spacial score (nSPS) is 16.3. The standard InChI is InChI=1S/C22H34N4O8/c1-4-11(2)17(21(32)26-18(12(3)28)22(33)34)25-20(31)16(10-27)24-19(30)15(23)9-13-5-7-14(29)8-6-13/h5-8,11-12,15-18,27-29H,4,9-10,23H2,1-3H3,(H,24,30)(H,25,31)(H,26,32)(H,33,34). The Morgan fingerprint density at radius 2 is 1.50 bits per heavy atom. The molecule has 1 rings (SSSR count). The number of nitrogens with two attached hydrogens (primary N) is 1. The van der Waals surface area contributed by atoms with Crippen molar-refractivity contribution in [1.82, 2.24) is 16.0 Å². The quantitative estimate of drug-likeness (QED) is 0.159. The average Bonchev–Trinajstić information content (AvgIpc) is 2.79. The van der Waals surface area contributed by atoms with Gasteiger partial charge in [-0.2, -0.15) is 0 Å². The molecule has 190 valence electrons. The number of aromatic hydroxyl groups is 1. The van der Waals surface area contributed by atoms with Crippen molar-refractivity contribution >= 4 is 23.7 Å². The van der Waals surface area contributed by atoms with Gasteiger partial charge >= 0.3 is 5.97 Å². The number of nitrogens with one attached hydrogen (secondary N) is 3. The van der Waals surface area contributed by atoms with E-state index >= 15 is 0 Å². The van der Waals surface area contributed by atoms with Crippen LogP contribution in [0.15, 0.2) is 24.3 Å². The summed E-state index contributed by atoms with van der Waals surface area (Å²) in [5, 5.41) is 44.7. The monoisotopic (exact) mass is 482 g/mol. The van der Waals surface area contributed by atoms with Gasteiger partial charge in [-0.25, -0.2) is 4.79 Å². The summed E-state index contributed by atoms with van der Waals surface area (Å²) in [6.07, 6.45) is -0.827. The summed E-state index contributed by atoms with van der Waals surface area (Å²) < 4.78 is 0. The summed E-state index contributed by atoms with van der Waals surface area (Å²) in [6.45, 7) is 3.84. The number of benzene rings is 1. The number of hydrogen-bond donors (Lipinski definition) is 8. The van der Waals surface area contributed by atoms with Crippen LogP contribution in [-0.4, -0.2) is 81.0 Å². The molecule has 1 aromatic carbocycles. The molecule has 0 fully saturated rings. The number of carboxylic acids is 1. The van der Waals surface area contributed by atoms with E-state index in [1.165, 1.54) is 19.1 Å². The smallest absolute Gasteiger partial charge is 0.328 e. The molecule has 0 saturated carbocycles. The van der Waals surface area contributed by atoms with Gasteiger partial charge in [-0.15, -0.1) is 0 Å². The molecule has 0 saturated heterocycles. The van der Waals surface area contributed by atoms with Crippen LogP contribution in [0.1, 0.15) is 32.8 Å². The zero-order valence-electron chi connectivity index (χ0n) is 19.4. The van der Waals surface area contributed by atoms with Crippen molar-refractivity contribution in [3.05, 3.63) is 29.8 Å². The first-order valence-electron chi connectivity index (χ1n) is 10.9. The minimum Gasteiger partial charge on any atom is -0.508 e. The molecule has 6 atom stereocenters. The van der Waals surface area contributed by atoms with E-state index in [-0.39, 0.29) is 12.2 Å². The van der Waals surface area contributed by atoms with Crippen molar-refractivity contribution in [2.24, 2.45) is 11.7 Å². The molecule has 0 heterocycles. The highest BCUT2D eigenvalue weighted by molar-refractivity contribution is 5.94. The van der Waals surface area contributed by atoms with Gasteiger partial charge in [0.2, 0.25) is 17.7 Å². The van der Waals surface area contributed by atoms with E-state index in [1.807, 2.05) is 0 Å². The zero-order valence-corrected chi connectivity index (χ0v) is 19.4. The van der Waals surface area contributed by atoms with Gasteiger partial charge in [0.15, 0.2) is 6.04 Å². The SMILES string of the molecule is CCC(C)C(NC(=O)C(CO)NC(=O)C(N)Cc1ccc(O)cc1)C(=O)NC(C(=O)O)C(C)O. The Morgan fingerprint density at radius 3 is 1.97 bits per heavy atom. The van der Waals surface area contributed by atoms with Gasteiger partial charge in [-0.05, 0) is 37.0 Å². The number of phenols is 1. The summed E-state index contributed by atoms with van der Waals surface area (Å²) in [5.41, 5.74) is 6.56. The number of carbonyl (C=O) groups is 4. The van der Waals surface area contributed by atoms with Crippen molar-refractivity contribution in [3.63, 3.8) is 0 Å². The van der Waals surface area contributed by atoms with Crippen LogP contribution in [0.25, 0.3) is 0 Å². The Morgan fingerprint density at radius 1 is 0.941 bits per heavy atom. The number of aliphatic carboxylic acids is 1. The van der Waals surface area contributed by atoms with Gasteiger partial charge < -0.3 is 42.1 Å². The lowest BCUT2D eigenvalue weighted by molar-refractivity contribution is -0.145. The summed E-state index contributed by atoms with van der Waals surface area (Å²) in [6, 6.07) is 0.827. The van der Waals surface area contributed by atoms with E-state index in [1.54, 1.807) is 26.0 Å².